The summed E-state index contributed by atoms with van der Waals surface area (Å²) in [5.41, 5.74) is 2.96. The van der Waals surface area contributed by atoms with E-state index in [0.29, 0.717) is 36.5 Å². The van der Waals surface area contributed by atoms with Crippen LogP contribution in [-0.2, 0) is 6.42 Å². The number of hydrogen-bond acceptors (Lipinski definition) is 6. The molecule has 3 heterocycles. The highest BCUT2D eigenvalue weighted by molar-refractivity contribution is 5.85. The average Bonchev–Trinajstić information content (AvgIpc) is 3.41. The number of halogens is 1. The predicted molar refractivity (Wildman–Crippen MR) is 120 cm³/mol. The van der Waals surface area contributed by atoms with E-state index >= 15 is 0 Å². The minimum absolute atomic E-state index is 0.218. The summed E-state index contributed by atoms with van der Waals surface area (Å²) in [6, 6.07) is 7.35. The number of anilines is 1. The van der Waals surface area contributed by atoms with Gasteiger partial charge in [0.25, 0.3) is 0 Å². The van der Waals surface area contributed by atoms with Crippen LogP contribution in [0.25, 0.3) is 11.6 Å². The fourth-order valence-corrected chi connectivity index (χ4v) is 5.07. The molecule has 0 amide bonds. The van der Waals surface area contributed by atoms with Crippen molar-refractivity contribution in [1.82, 2.24) is 20.4 Å². The summed E-state index contributed by atoms with van der Waals surface area (Å²) < 4.78 is 19.5. The molecule has 2 saturated heterocycles. The molecule has 7 heteroatoms. The van der Waals surface area contributed by atoms with Crippen molar-refractivity contribution in [3.8, 4) is 0 Å². The lowest BCUT2D eigenvalue weighted by molar-refractivity contribution is 0.154. The minimum atomic E-state index is -0.218. The van der Waals surface area contributed by atoms with Gasteiger partial charge in [0, 0.05) is 43.2 Å². The van der Waals surface area contributed by atoms with E-state index in [1.165, 1.54) is 32.0 Å². The maximum absolute atomic E-state index is 13.5. The SMILES string of the molecule is CC(C)N1CCC(NC2CCN(c3nnc(C4=Cc5cc(F)ccc5C4)o3)CC2)CC1. The van der Waals surface area contributed by atoms with Gasteiger partial charge in [-0.1, -0.05) is 11.2 Å². The van der Waals surface area contributed by atoms with E-state index < -0.39 is 0 Å². The van der Waals surface area contributed by atoms with Crippen LogP contribution in [0.5, 0.6) is 0 Å². The Balaban J connectivity index is 1.13. The summed E-state index contributed by atoms with van der Waals surface area (Å²) in [6.07, 6.45) is 7.33. The van der Waals surface area contributed by atoms with Gasteiger partial charge in [-0.05, 0) is 82.0 Å². The van der Waals surface area contributed by atoms with Crippen LogP contribution >= 0.6 is 0 Å². The fraction of sp³-hybridized carbons (Fsp3) is 0.583. The second kappa shape index (κ2) is 8.71. The third-order valence-electron chi connectivity index (χ3n) is 7.00. The number of rotatable bonds is 5. The summed E-state index contributed by atoms with van der Waals surface area (Å²) in [7, 11) is 0. The molecule has 31 heavy (non-hydrogen) atoms. The Bertz CT molecular complexity index is 939. The van der Waals surface area contributed by atoms with Crippen LogP contribution in [0.3, 0.4) is 0 Å². The third-order valence-corrected chi connectivity index (χ3v) is 7.00. The standard InChI is InChI=1S/C24H32FN5O/c1-16(2)29-9-5-21(6-10-29)26-22-7-11-30(12-8-22)24-28-27-23(31-24)19-13-17-3-4-20(25)15-18(17)14-19/h3-4,14-16,21-22,26H,5-13H2,1-2H3. The first-order chi connectivity index (χ1) is 15.0. The van der Waals surface area contributed by atoms with Crippen molar-refractivity contribution in [3.05, 3.63) is 41.0 Å². The number of aromatic nitrogens is 2. The molecule has 0 spiro atoms. The smallest absolute Gasteiger partial charge is 0.318 e. The lowest BCUT2D eigenvalue weighted by Crippen LogP contribution is -2.50. The first kappa shape index (κ1) is 20.6. The molecular formula is C24H32FN5O. The van der Waals surface area contributed by atoms with Gasteiger partial charge in [-0.3, -0.25) is 0 Å². The molecule has 1 aliphatic carbocycles. The van der Waals surface area contributed by atoms with Crippen molar-refractivity contribution < 1.29 is 8.81 Å². The van der Waals surface area contributed by atoms with Crippen LogP contribution in [0.15, 0.2) is 22.6 Å². The van der Waals surface area contributed by atoms with Crippen molar-refractivity contribution in [2.45, 2.75) is 64.1 Å². The number of nitrogens with one attached hydrogen (secondary N) is 1. The first-order valence-corrected chi connectivity index (χ1v) is 11.6. The van der Waals surface area contributed by atoms with Crippen LogP contribution in [0.1, 0.15) is 56.5 Å². The molecule has 2 aromatic rings. The monoisotopic (exact) mass is 425 g/mol. The normalized spacial score (nSPS) is 21.0. The van der Waals surface area contributed by atoms with E-state index in [4.69, 9.17) is 4.42 Å². The number of benzene rings is 1. The van der Waals surface area contributed by atoms with Crippen molar-refractivity contribution >= 4 is 17.7 Å². The molecule has 1 aromatic carbocycles. The van der Waals surface area contributed by atoms with E-state index in [1.54, 1.807) is 6.07 Å². The molecule has 0 radical (unpaired) electrons. The van der Waals surface area contributed by atoms with Gasteiger partial charge in [0.1, 0.15) is 5.82 Å². The van der Waals surface area contributed by atoms with E-state index in [9.17, 15) is 4.39 Å². The van der Waals surface area contributed by atoms with Crippen molar-refractivity contribution in [1.29, 1.82) is 0 Å². The second-order valence-electron chi connectivity index (χ2n) is 9.41. The lowest BCUT2D eigenvalue weighted by Gasteiger charge is -2.38. The Hall–Kier alpha value is -2.25. The summed E-state index contributed by atoms with van der Waals surface area (Å²) in [5.74, 6) is 0.327. The van der Waals surface area contributed by atoms with E-state index in [2.05, 4.69) is 39.2 Å². The molecule has 5 rings (SSSR count). The van der Waals surface area contributed by atoms with Crippen LogP contribution in [-0.4, -0.2) is 59.4 Å². The van der Waals surface area contributed by atoms with Gasteiger partial charge >= 0.3 is 6.01 Å². The van der Waals surface area contributed by atoms with Gasteiger partial charge in [0.2, 0.25) is 5.89 Å². The molecule has 0 atom stereocenters. The Kier molecular flexibility index (Phi) is 5.80. The van der Waals surface area contributed by atoms with Crippen molar-refractivity contribution in [3.63, 3.8) is 0 Å². The van der Waals surface area contributed by atoms with Crippen molar-refractivity contribution in [2.75, 3.05) is 31.1 Å². The van der Waals surface area contributed by atoms with Gasteiger partial charge in [-0.2, -0.15) is 0 Å². The second-order valence-corrected chi connectivity index (χ2v) is 9.41. The Morgan fingerprint density at radius 3 is 2.45 bits per heavy atom. The zero-order chi connectivity index (χ0) is 21.4. The molecule has 3 aliphatic rings. The maximum atomic E-state index is 13.5. The molecule has 1 N–H and O–H groups in total. The summed E-state index contributed by atoms with van der Waals surface area (Å²) >= 11 is 0. The van der Waals surface area contributed by atoms with Gasteiger partial charge < -0.3 is 19.5 Å². The Morgan fingerprint density at radius 2 is 1.74 bits per heavy atom. The van der Waals surface area contributed by atoms with Gasteiger partial charge in [0.05, 0.1) is 0 Å². The number of nitrogens with zero attached hydrogens (tertiary/aromatic N) is 4. The molecule has 166 valence electrons. The number of hydrogen-bond donors (Lipinski definition) is 1. The average molecular weight is 426 g/mol. The lowest BCUT2D eigenvalue weighted by atomic mass is 9.99. The molecule has 0 unspecified atom stereocenters. The topological polar surface area (TPSA) is 57.4 Å². The van der Waals surface area contributed by atoms with Crippen molar-refractivity contribution in [2.24, 2.45) is 0 Å². The highest BCUT2D eigenvalue weighted by Crippen LogP contribution is 2.32. The van der Waals surface area contributed by atoms with E-state index in [1.807, 2.05) is 12.1 Å². The molecule has 0 bridgehead atoms. The largest absolute Gasteiger partial charge is 0.404 e. The molecule has 2 fully saturated rings. The third kappa shape index (κ3) is 4.53. The Morgan fingerprint density at radius 1 is 1.03 bits per heavy atom. The number of fused-ring (bicyclic) bond motifs is 1. The molecule has 1 aromatic heterocycles. The van der Waals surface area contributed by atoms with Crippen LogP contribution in [0, 0.1) is 5.82 Å². The maximum Gasteiger partial charge on any atom is 0.318 e. The number of allylic oxidation sites excluding steroid dienone is 1. The van der Waals surface area contributed by atoms with E-state index in [-0.39, 0.29) is 5.82 Å². The Labute approximate surface area is 183 Å². The van der Waals surface area contributed by atoms with Gasteiger partial charge in [0.15, 0.2) is 0 Å². The quantitative estimate of drug-likeness (QED) is 0.788. The predicted octanol–water partition coefficient (Wildman–Crippen LogP) is 3.74. The zero-order valence-corrected chi connectivity index (χ0v) is 18.5. The van der Waals surface area contributed by atoms with Crippen LogP contribution in [0.4, 0.5) is 10.4 Å². The highest BCUT2D eigenvalue weighted by atomic mass is 19.1. The first-order valence-electron chi connectivity index (χ1n) is 11.6. The minimum Gasteiger partial charge on any atom is -0.404 e. The summed E-state index contributed by atoms with van der Waals surface area (Å²) in [5, 5.41) is 12.5. The summed E-state index contributed by atoms with van der Waals surface area (Å²) in [6.45, 7) is 8.82. The number of piperidine rings is 2. The molecule has 6 nitrogen and oxygen atoms in total. The van der Waals surface area contributed by atoms with E-state index in [0.717, 1.165) is 42.6 Å². The zero-order valence-electron chi connectivity index (χ0n) is 18.5. The summed E-state index contributed by atoms with van der Waals surface area (Å²) in [4.78, 5) is 4.76. The molecule has 2 aliphatic heterocycles. The van der Waals surface area contributed by atoms with Crippen LogP contribution in [0.2, 0.25) is 0 Å². The molecule has 0 saturated carbocycles. The van der Waals surface area contributed by atoms with Crippen LogP contribution < -0.4 is 10.2 Å². The highest BCUT2D eigenvalue weighted by Gasteiger charge is 2.28. The number of likely N-dealkylation sites (tertiary alicyclic amines) is 1. The van der Waals surface area contributed by atoms with Gasteiger partial charge in [-0.25, -0.2) is 4.39 Å². The van der Waals surface area contributed by atoms with Gasteiger partial charge in [-0.15, -0.1) is 5.10 Å². The fourth-order valence-electron chi connectivity index (χ4n) is 5.07. The molecular weight excluding hydrogens is 393 g/mol.